The van der Waals surface area contributed by atoms with E-state index in [0.29, 0.717) is 11.5 Å². The first kappa shape index (κ1) is 13.4. The van der Waals surface area contributed by atoms with Gasteiger partial charge < -0.3 is 10.1 Å². The molecule has 0 spiro atoms. The summed E-state index contributed by atoms with van der Waals surface area (Å²) in [5.74, 6) is 0.759. The third-order valence-corrected chi connectivity index (χ3v) is 4.76. The van der Waals surface area contributed by atoms with E-state index in [1.165, 1.54) is 45.1 Å². The molecule has 2 atom stereocenters. The summed E-state index contributed by atoms with van der Waals surface area (Å²) in [6.07, 6.45) is 8.41. The zero-order chi connectivity index (χ0) is 12.3. The maximum Gasteiger partial charge on any atom is 0.0613 e. The quantitative estimate of drug-likeness (QED) is 0.812. The Labute approximate surface area is 107 Å². The second kappa shape index (κ2) is 5.71. The Bertz CT molecular complexity index is 229. The van der Waals surface area contributed by atoms with Crippen LogP contribution in [-0.2, 0) is 4.74 Å². The molecule has 17 heavy (non-hydrogen) atoms. The maximum absolute atomic E-state index is 5.75. The minimum absolute atomic E-state index is 0.516. The van der Waals surface area contributed by atoms with Gasteiger partial charge in [0, 0.05) is 19.2 Å². The van der Waals surface area contributed by atoms with Crippen molar-refractivity contribution in [1.29, 1.82) is 0 Å². The third-order valence-electron chi connectivity index (χ3n) is 4.76. The second-order valence-electron chi connectivity index (χ2n) is 6.71. The Hall–Kier alpha value is -0.0800. The predicted octanol–water partition coefficient (Wildman–Crippen LogP) is 3.36. The molecule has 2 unspecified atom stereocenters. The van der Waals surface area contributed by atoms with E-state index in [4.69, 9.17) is 4.74 Å². The average Bonchev–Trinajstić information content (AvgIpc) is 2.75. The lowest BCUT2D eigenvalue weighted by Crippen LogP contribution is -2.39. The van der Waals surface area contributed by atoms with Crippen molar-refractivity contribution in [3.8, 4) is 0 Å². The molecule has 0 aromatic rings. The maximum atomic E-state index is 5.75. The Morgan fingerprint density at radius 1 is 1.18 bits per heavy atom. The van der Waals surface area contributed by atoms with E-state index < -0.39 is 0 Å². The molecule has 2 rings (SSSR count). The molecular weight excluding hydrogens is 210 g/mol. The Balaban J connectivity index is 1.69. The molecule has 1 saturated carbocycles. The summed E-state index contributed by atoms with van der Waals surface area (Å²) in [4.78, 5) is 0. The van der Waals surface area contributed by atoms with Gasteiger partial charge in [-0.25, -0.2) is 0 Å². The van der Waals surface area contributed by atoms with Gasteiger partial charge in [-0.1, -0.05) is 20.8 Å². The van der Waals surface area contributed by atoms with Crippen molar-refractivity contribution in [2.45, 2.75) is 71.4 Å². The molecule has 1 N–H and O–H groups in total. The van der Waals surface area contributed by atoms with Gasteiger partial charge in [0.15, 0.2) is 0 Å². The Morgan fingerprint density at radius 3 is 2.53 bits per heavy atom. The predicted molar refractivity (Wildman–Crippen MR) is 72.2 cm³/mol. The summed E-state index contributed by atoms with van der Waals surface area (Å²) in [5, 5.41) is 3.79. The van der Waals surface area contributed by atoms with Crippen molar-refractivity contribution in [2.24, 2.45) is 11.3 Å². The molecule has 2 nitrogen and oxygen atoms in total. The van der Waals surface area contributed by atoms with Crippen LogP contribution in [0.2, 0.25) is 0 Å². The van der Waals surface area contributed by atoms with Crippen LogP contribution in [0.15, 0.2) is 0 Å². The van der Waals surface area contributed by atoms with Crippen molar-refractivity contribution >= 4 is 0 Å². The Morgan fingerprint density at radius 2 is 1.88 bits per heavy atom. The fourth-order valence-corrected chi connectivity index (χ4v) is 3.30. The largest absolute Gasteiger partial charge is 0.378 e. The molecule has 1 aliphatic carbocycles. The highest BCUT2D eigenvalue weighted by atomic mass is 16.5. The summed E-state index contributed by atoms with van der Waals surface area (Å²) in [5.41, 5.74) is 0.584. The molecule has 0 bridgehead atoms. The van der Waals surface area contributed by atoms with Gasteiger partial charge in [0.05, 0.1) is 6.10 Å². The van der Waals surface area contributed by atoms with Gasteiger partial charge in [0.1, 0.15) is 0 Å². The van der Waals surface area contributed by atoms with Crippen LogP contribution >= 0.6 is 0 Å². The highest BCUT2D eigenvalue weighted by Gasteiger charge is 2.29. The summed E-state index contributed by atoms with van der Waals surface area (Å²) >= 11 is 0. The van der Waals surface area contributed by atoms with E-state index in [9.17, 15) is 0 Å². The van der Waals surface area contributed by atoms with Gasteiger partial charge in [-0.15, -0.1) is 0 Å². The molecule has 0 aromatic carbocycles. The molecule has 0 amide bonds. The van der Waals surface area contributed by atoms with Crippen LogP contribution in [-0.4, -0.2) is 25.3 Å². The number of ether oxygens (including phenoxy) is 1. The molecule has 1 heterocycles. The van der Waals surface area contributed by atoms with Gasteiger partial charge >= 0.3 is 0 Å². The van der Waals surface area contributed by atoms with E-state index in [0.717, 1.165) is 18.6 Å². The van der Waals surface area contributed by atoms with Crippen molar-refractivity contribution in [3.63, 3.8) is 0 Å². The van der Waals surface area contributed by atoms with Crippen molar-refractivity contribution in [3.05, 3.63) is 0 Å². The number of hydrogen-bond donors (Lipinski definition) is 1. The van der Waals surface area contributed by atoms with Crippen LogP contribution in [0.4, 0.5) is 0 Å². The van der Waals surface area contributed by atoms with Gasteiger partial charge in [-0.2, -0.15) is 0 Å². The van der Waals surface area contributed by atoms with Crippen molar-refractivity contribution < 1.29 is 4.74 Å². The SMILES string of the molecule is CCC1OCCC1CNC1CCC(C)(C)CC1. The molecule has 0 radical (unpaired) electrons. The highest BCUT2D eigenvalue weighted by Crippen LogP contribution is 2.35. The molecule has 100 valence electrons. The lowest BCUT2D eigenvalue weighted by atomic mass is 9.75. The van der Waals surface area contributed by atoms with E-state index in [2.05, 4.69) is 26.1 Å². The summed E-state index contributed by atoms with van der Waals surface area (Å²) < 4.78 is 5.75. The normalized spacial score (nSPS) is 34.1. The van der Waals surface area contributed by atoms with Gasteiger partial charge in [0.25, 0.3) is 0 Å². The van der Waals surface area contributed by atoms with Crippen LogP contribution in [0, 0.1) is 11.3 Å². The topological polar surface area (TPSA) is 21.3 Å². The summed E-state index contributed by atoms with van der Waals surface area (Å²) in [6, 6.07) is 0.765. The fourth-order valence-electron chi connectivity index (χ4n) is 3.30. The molecule has 1 aliphatic heterocycles. The van der Waals surface area contributed by atoms with Gasteiger partial charge in [-0.05, 0) is 49.9 Å². The first-order valence-electron chi connectivity index (χ1n) is 7.46. The zero-order valence-corrected chi connectivity index (χ0v) is 11.8. The summed E-state index contributed by atoms with van der Waals surface area (Å²) in [6.45, 7) is 9.19. The smallest absolute Gasteiger partial charge is 0.0613 e. The summed E-state index contributed by atoms with van der Waals surface area (Å²) in [7, 11) is 0. The standard InChI is InChI=1S/C15H29NO/c1-4-14-12(7-10-17-14)11-16-13-5-8-15(2,3)9-6-13/h12-14,16H,4-11H2,1-3H3. The van der Waals surface area contributed by atoms with E-state index in [1.807, 2.05) is 0 Å². The molecule has 2 aliphatic rings. The highest BCUT2D eigenvalue weighted by molar-refractivity contribution is 4.84. The Kier molecular flexibility index (Phi) is 4.48. The van der Waals surface area contributed by atoms with Crippen molar-refractivity contribution in [2.75, 3.05) is 13.2 Å². The van der Waals surface area contributed by atoms with Crippen LogP contribution in [0.3, 0.4) is 0 Å². The zero-order valence-electron chi connectivity index (χ0n) is 11.8. The second-order valence-corrected chi connectivity index (χ2v) is 6.71. The van der Waals surface area contributed by atoms with Crippen LogP contribution in [0.5, 0.6) is 0 Å². The molecule has 2 heteroatoms. The fraction of sp³-hybridized carbons (Fsp3) is 1.00. The van der Waals surface area contributed by atoms with E-state index in [1.54, 1.807) is 0 Å². The minimum atomic E-state index is 0.516. The third kappa shape index (κ3) is 3.69. The number of nitrogens with one attached hydrogen (secondary N) is 1. The molecular formula is C15H29NO. The van der Waals surface area contributed by atoms with Crippen LogP contribution in [0.25, 0.3) is 0 Å². The lowest BCUT2D eigenvalue weighted by molar-refractivity contribution is 0.0854. The first-order valence-corrected chi connectivity index (χ1v) is 7.46. The molecule has 2 fully saturated rings. The lowest BCUT2D eigenvalue weighted by Gasteiger charge is -2.35. The molecule has 1 saturated heterocycles. The molecule has 0 aromatic heterocycles. The van der Waals surface area contributed by atoms with E-state index >= 15 is 0 Å². The number of rotatable bonds is 4. The van der Waals surface area contributed by atoms with Crippen LogP contribution in [0.1, 0.15) is 59.3 Å². The minimum Gasteiger partial charge on any atom is -0.378 e. The van der Waals surface area contributed by atoms with Gasteiger partial charge in [0.2, 0.25) is 0 Å². The van der Waals surface area contributed by atoms with E-state index in [-0.39, 0.29) is 0 Å². The first-order chi connectivity index (χ1) is 8.11. The van der Waals surface area contributed by atoms with Crippen molar-refractivity contribution in [1.82, 2.24) is 5.32 Å². The monoisotopic (exact) mass is 239 g/mol. The average molecular weight is 239 g/mol. The number of hydrogen-bond acceptors (Lipinski definition) is 2. The van der Waals surface area contributed by atoms with Crippen LogP contribution < -0.4 is 5.32 Å². The van der Waals surface area contributed by atoms with Gasteiger partial charge in [-0.3, -0.25) is 0 Å².